The monoisotopic (exact) mass is 302 g/mol. The van der Waals surface area contributed by atoms with Crippen molar-refractivity contribution in [3.05, 3.63) is 39.4 Å². The molecule has 0 atom stereocenters. The van der Waals surface area contributed by atoms with Gasteiger partial charge in [-0.25, -0.2) is 4.98 Å². The largest absolute Gasteiger partial charge is 0.361 e. The highest BCUT2D eigenvalue weighted by Gasteiger charge is 2.14. The second kappa shape index (κ2) is 5.38. The minimum absolute atomic E-state index is 0.168. The van der Waals surface area contributed by atoms with E-state index in [-0.39, 0.29) is 5.56 Å². The van der Waals surface area contributed by atoms with E-state index in [1.54, 1.807) is 11.7 Å². The van der Waals surface area contributed by atoms with Gasteiger partial charge in [-0.2, -0.15) is 5.10 Å². The predicted octanol–water partition coefficient (Wildman–Crippen LogP) is 0.893. The van der Waals surface area contributed by atoms with Crippen LogP contribution in [0.25, 0.3) is 11.0 Å². The smallest absolute Gasteiger partial charge is 0.262 e. The first-order valence-corrected chi connectivity index (χ1v) is 6.97. The van der Waals surface area contributed by atoms with Gasteiger partial charge in [0, 0.05) is 19.2 Å². The van der Waals surface area contributed by atoms with Crippen molar-refractivity contribution < 1.29 is 4.52 Å². The summed E-state index contributed by atoms with van der Waals surface area (Å²) < 4.78 is 6.77. The average Bonchev–Trinajstić information content (AvgIpc) is 2.97. The number of hydrogen-bond acceptors (Lipinski definition) is 6. The van der Waals surface area contributed by atoms with E-state index in [0.717, 1.165) is 17.0 Å². The number of nitrogens with zero attached hydrogens (tertiary/aromatic N) is 5. The summed E-state index contributed by atoms with van der Waals surface area (Å²) in [6.45, 7) is 5.00. The van der Waals surface area contributed by atoms with Crippen LogP contribution in [-0.4, -0.2) is 36.9 Å². The number of fused-ring (bicyclic) bond motifs is 1. The Bertz CT molecular complexity index is 856. The summed E-state index contributed by atoms with van der Waals surface area (Å²) in [5, 5.41) is 8.51. The summed E-state index contributed by atoms with van der Waals surface area (Å²) in [5.74, 6) is 1.42. The molecule has 3 aromatic heterocycles. The summed E-state index contributed by atoms with van der Waals surface area (Å²) >= 11 is 0. The lowest BCUT2D eigenvalue weighted by molar-refractivity contribution is 0.307. The zero-order valence-corrected chi connectivity index (χ0v) is 13.0. The van der Waals surface area contributed by atoms with Crippen LogP contribution in [0.1, 0.15) is 22.8 Å². The molecular formula is C14H18N6O2. The van der Waals surface area contributed by atoms with E-state index in [1.165, 1.54) is 6.20 Å². The molecule has 0 saturated heterocycles. The molecule has 0 bridgehead atoms. The maximum atomic E-state index is 12.0. The fourth-order valence-corrected chi connectivity index (χ4v) is 2.46. The Labute approximate surface area is 126 Å². The third-order valence-corrected chi connectivity index (χ3v) is 3.68. The van der Waals surface area contributed by atoms with Crippen molar-refractivity contribution in [2.75, 3.05) is 7.05 Å². The van der Waals surface area contributed by atoms with Crippen LogP contribution in [0.5, 0.6) is 0 Å². The summed E-state index contributed by atoms with van der Waals surface area (Å²) in [5.41, 5.74) is 2.36. The summed E-state index contributed by atoms with van der Waals surface area (Å²) in [6.07, 6.45) is 1.53. The molecule has 8 nitrogen and oxygen atoms in total. The van der Waals surface area contributed by atoms with Crippen molar-refractivity contribution in [2.45, 2.75) is 26.9 Å². The highest BCUT2D eigenvalue weighted by atomic mass is 16.5. The second-order valence-electron chi connectivity index (χ2n) is 5.49. The predicted molar refractivity (Wildman–Crippen MR) is 80.3 cm³/mol. The highest BCUT2D eigenvalue weighted by molar-refractivity contribution is 5.72. The quantitative estimate of drug-likeness (QED) is 0.769. The van der Waals surface area contributed by atoms with Gasteiger partial charge in [-0.15, -0.1) is 0 Å². The SMILES string of the molecule is Cc1noc(C)c1CN(C)Cc1nc2c(cnn2C)c(=O)[nH]1. The van der Waals surface area contributed by atoms with Gasteiger partial charge in [0.2, 0.25) is 0 Å². The third-order valence-electron chi connectivity index (χ3n) is 3.68. The molecule has 0 fully saturated rings. The molecule has 3 heterocycles. The van der Waals surface area contributed by atoms with Gasteiger partial charge in [-0.05, 0) is 20.9 Å². The summed E-state index contributed by atoms with van der Waals surface area (Å²) in [6, 6.07) is 0. The number of nitrogens with one attached hydrogen (secondary N) is 1. The number of aryl methyl sites for hydroxylation is 3. The van der Waals surface area contributed by atoms with Gasteiger partial charge >= 0.3 is 0 Å². The van der Waals surface area contributed by atoms with Crippen LogP contribution < -0.4 is 5.56 Å². The van der Waals surface area contributed by atoms with E-state index in [9.17, 15) is 4.79 Å². The van der Waals surface area contributed by atoms with Gasteiger partial charge in [0.15, 0.2) is 5.65 Å². The van der Waals surface area contributed by atoms with Crippen LogP contribution >= 0.6 is 0 Å². The maximum Gasteiger partial charge on any atom is 0.262 e. The number of hydrogen-bond donors (Lipinski definition) is 1. The number of aromatic nitrogens is 5. The van der Waals surface area contributed by atoms with Crippen molar-refractivity contribution in [1.82, 2.24) is 29.8 Å². The Morgan fingerprint density at radius 1 is 1.36 bits per heavy atom. The first-order chi connectivity index (χ1) is 10.5. The van der Waals surface area contributed by atoms with Crippen LogP contribution in [0.3, 0.4) is 0 Å². The Balaban J connectivity index is 1.83. The van der Waals surface area contributed by atoms with E-state index in [1.807, 2.05) is 25.8 Å². The van der Waals surface area contributed by atoms with E-state index in [4.69, 9.17) is 4.52 Å². The molecule has 3 rings (SSSR count). The molecule has 0 aliphatic rings. The number of H-pyrrole nitrogens is 1. The van der Waals surface area contributed by atoms with Gasteiger partial charge in [0.25, 0.3) is 5.56 Å². The van der Waals surface area contributed by atoms with Gasteiger partial charge in [0.05, 0.1) is 18.4 Å². The third kappa shape index (κ3) is 2.52. The first kappa shape index (κ1) is 14.5. The van der Waals surface area contributed by atoms with Crippen molar-refractivity contribution in [3.63, 3.8) is 0 Å². The molecule has 0 aliphatic carbocycles. The van der Waals surface area contributed by atoms with E-state index >= 15 is 0 Å². The minimum Gasteiger partial charge on any atom is -0.361 e. The molecule has 0 amide bonds. The minimum atomic E-state index is -0.168. The van der Waals surface area contributed by atoms with Crippen LogP contribution in [0.15, 0.2) is 15.5 Å². The standard InChI is InChI=1S/C14H18N6O2/c1-8-11(9(2)22-18-8)6-19(3)7-12-16-13-10(14(21)17-12)5-15-20(13)4/h5H,6-7H2,1-4H3,(H,16,17,21). The van der Waals surface area contributed by atoms with Gasteiger partial charge in [-0.3, -0.25) is 14.4 Å². The Kier molecular flexibility index (Phi) is 3.53. The summed E-state index contributed by atoms with van der Waals surface area (Å²) in [4.78, 5) is 21.4. The molecule has 3 aromatic rings. The van der Waals surface area contributed by atoms with Crippen molar-refractivity contribution in [3.8, 4) is 0 Å². The molecule has 1 N–H and O–H groups in total. The van der Waals surface area contributed by atoms with Gasteiger partial charge in [0.1, 0.15) is 17.0 Å². The lowest BCUT2D eigenvalue weighted by atomic mass is 10.2. The topological polar surface area (TPSA) is 92.8 Å². The first-order valence-electron chi connectivity index (χ1n) is 6.97. The fraction of sp³-hybridized carbons (Fsp3) is 0.429. The summed E-state index contributed by atoms with van der Waals surface area (Å²) in [7, 11) is 3.73. The van der Waals surface area contributed by atoms with E-state index < -0.39 is 0 Å². The van der Waals surface area contributed by atoms with Crippen molar-refractivity contribution in [1.29, 1.82) is 0 Å². The van der Waals surface area contributed by atoms with E-state index in [2.05, 4.69) is 20.2 Å². The molecule has 0 unspecified atom stereocenters. The van der Waals surface area contributed by atoms with Gasteiger partial charge in [-0.1, -0.05) is 5.16 Å². The molecule has 0 radical (unpaired) electrons. The Morgan fingerprint density at radius 3 is 2.82 bits per heavy atom. The van der Waals surface area contributed by atoms with Crippen LogP contribution in [-0.2, 0) is 20.1 Å². The molecule has 0 spiro atoms. The molecule has 0 aromatic carbocycles. The Morgan fingerprint density at radius 2 is 2.14 bits per heavy atom. The molecular weight excluding hydrogens is 284 g/mol. The zero-order chi connectivity index (χ0) is 15.9. The molecule has 0 aliphatic heterocycles. The van der Waals surface area contributed by atoms with Crippen molar-refractivity contribution in [2.24, 2.45) is 7.05 Å². The van der Waals surface area contributed by atoms with E-state index in [0.29, 0.717) is 29.9 Å². The second-order valence-corrected chi connectivity index (χ2v) is 5.49. The van der Waals surface area contributed by atoms with Crippen LogP contribution in [0.4, 0.5) is 0 Å². The average molecular weight is 302 g/mol. The molecule has 0 saturated carbocycles. The molecule has 116 valence electrons. The maximum absolute atomic E-state index is 12.0. The lowest BCUT2D eigenvalue weighted by Gasteiger charge is -2.15. The molecule has 22 heavy (non-hydrogen) atoms. The van der Waals surface area contributed by atoms with Gasteiger partial charge < -0.3 is 9.51 Å². The number of aromatic amines is 1. The fourth-order valence-electron chi connectivity index (χ4n) is 2.46. The highest BCUT2D eigenvalue weighted by Crippen LogP contribution is 2.15. The van der Waals surface area contributed by atoms with Crippen molar-refractivity contribution >= 4 is 11.0 Å². The normalized spacial score (nSPS) is 11.7. The zero-order valence-electron chi connectivity index (χ0n) is 13.0. The lowest BCUT2D eigenvalue weighted by Crippen LogP contribution is -2.22. The van der Waals surface area contributed by atoms with Crippen LogP contribution in [0.2, 0.25) is 0 Å². The number of rotatable bonds is 4. The molecule has 8 heteroatoms. The Hall–Kier alpha value is -2.48. The van der Waals surface area contributed by atoms with Crippen LogP contribution in [0, 0.1) is 13.8 Å².